The van der Waals surface area contributed by atoms with Crippen LogP contribution in [0.15, 0.2) is 29.3 Å². The minimum atomic E-state index is -0.376. The molecule has 0 saturated heterocycles. The lowest BCUT2D eigenvalue weighted by Crippen LogP contribution is -2.45. The van der Waals surface area contributed by atoms with Crippen LogP contribution in [0.3, 0.4) is 0 Å². The number of nitrogens with zero attached hydrogens (tertiary/aromatic N) is 1. The molecule has 4 nitrogen and oxygen atoms in total. The molecule has 1 aromatic carbocycles. The van der Waals surface area contributed by atoms with Gasteiger partial charge in [-0.25, -0.2) is 9.38 Å². The molecular weight excluding hydrogens is 372 g/mol. The van der Waals surface area contributed by atoms with Crippen LogP contribution in [0.5, 0.6) is 5.75 Å². The van der Waals surface area contributed by atoms with Gasteiger partial charge in [0.2, 0.25) is 0 Å². The van der Waals surface area contributed by atoms with E-state index >= 15 is 0 Å². The van der Waals surface area contributed by atoms with Gasteiger partial charge in [0.15, 0.2) is 17.5 Å². The van der Waals surface area contributed by atoms with Crippen molar-refractivity contribution < 1.29 is 9.13 Å². The van der Waals surface area contributed by atoms with Crippen LogP contribution in [0.2, 0.25) is 0 Å². The molecule has 0 aromatic heterocycles. The molecular formula is C14H23FIN3O. The Bertz CT molecular complexity index is 446. The maximum absolute atomic E-state index is 13.4. The second-order valence-corrected chi connectivity index (χ2v) is 5.46. The molecule has 1 atom stereocenters. The zero-order valence-corrected chi connectivity index (χ0v) is 14.6. The number of nitrogens with one attached hydrogen (secondary N) is 1. The zero-order chi connectivity index (χ0) is 14.5. The number of guanidine groups is 1. The van der Waals surface area contributed by atoms with Gasteiger partial charge in [-0.05, 0) is 39.8 Å². The molecule has 1 unspecified atom stereocenters. The van der Waals surface area contributed by atoms with Gasteiger partial charge in [-0.15, -0.1) is 24.0 Å². The Hall–Kier alpha value is -1.05. The molecule has 1 aromatic rings. The second kappa shape index (κ2) is 8.28. The fourth-order valence-corrected chi connectivity index (χ4v) is 1.44. The van der Waals surface area contributed by atoms with Crippen molar-refractivity contribution in [2.45, 2.75) is 39.3 Å². The minimum absolute atomic E-state index is 0. The fourth-order valence-electron chi connectivity index (χ4n) is 1.44. The largest absolute Gasteiger partial charge is 0.486 e. The maximum atomic E-state index is 13.4. The first kappa shape index (κ1) is 18.9. The topological polar surface area (TPSA) is 59.6 Å². The van der Waals surface area contributed by atoms with Gasteiger partial charge in [0.05, 0.1) is 6.54 Å². The monoisotopic (exact) mass is 395 g/mol. The molecule has 0 spiro atoms. The summed E-state index contributed by atoms with van der Waals surface area (Å²) in [5, 5.41) is 3.05. The summed E-state index contributed by atoms with van der Waals surface area (Å²) in [6.45, 7) is 8.17. The number of nitrogens with two attached hydrogens (primary N) is 1. The van der Waals surface area contributed by atoms with Crippen LogP contribution >= 0.6 is 24.0 Å². The number of ether oxygens (including phenoxy) is 1. The van der Waals surface area contributed by atoms with Gasteiger partial charge in [-0.1, -0.05) is 12.1 Å². The van der Waals surface area contributed by atoms with Crippen molar-refractivity contribution >= 4 is 29.9 Å². The van der Waals surface area contributed by atoms with Gasteiger partial charge in [-0.2, -0.15) is 0 Å². The number of para-hydroxylation sites is 1. The SMILES string of the molecule is CC(CN=C(N)NC(C)(C)C)Oc1ccccc1F.I. The van der Waals surface area contributed by atoms with E-state index in [4.69, 9.17) is 10.5 Å². The summed E-state index contributed by atoms with van der Waals surface area (Å²) in [7, 11) is 0. The van der Waals surface area contributed by atoms with Crippen molar-refractivity contribution in [2.75, 3.05) is 6.54 Å². The van der Waals surface area contributed by atoms with Crippen LogP contribution in [-0.4, -0.2) is 24.1 Å². The fraction of sp³-hybridized carbons (Fsp3) is 0.500. The van der Waals surface area contributed by atoms with E-state index in [1.54, 1.807) is 18.2 Å². The third-order valence-electron chi connectivity index (χ3n) is 2.19. The first-order valence-electron chi connectivity index (χ1n) is 6.27. The molecule has 1 rings (SSSR count). The average molecular weight is 395 g/mol. The number of benzene rings is 1. The Morgan fingerprint density at radius 2 is 2.00 bits per heavy atom. The second-order valence-electron chi connectivity index (χ2n) is 5.46. The van der Waals surface area contributed by atoms with E-state index in [2.05, 4.69) is 10.3 Å². The Labute approximate surface area is 137 Å². The summed E-state index contributed by atoms with van der Waals surface area (Å²) in [4.78, 5) is 4.17. The quantitative estimate of drug-likeness (QED) is 0.468. The predicted molar refractivity (Wildman–Crippen MR) is 91.3 cm³/mol. The standard InChI is InChI=1S/C14H22FN3O.HI/c1-10(9-17-13(16)18-14(2,3)4)19-12-8-6-5-7-11(12)15;/h5-8,10H,9H2,1-4H3,(H3,16,17,18);1H. The number of aliphatic imine (C=N–C) groups is 1. The van der Waals surface area contributed by atoms with Crippen molar-refractivity contribution in [3.05, 3.63) is 30.1 Å². The highest BCUT2D eigenvalue weighted by Gasteiger charge is 2.11. The third kappa shape index (κ3) is 7.52. The van der Waals surface area contributed by atoms with Crippen LogP contribution in [0, 0.1) is 5.82 Å². The summed E-state index contributed by atoms with van der Waals surface area (Å²) in [5.74, 6) is 0.211. The van der Waals surface area contributed by atoms with Gasteiger partial charge >= 0.3 is 0 Å². The van der Waals surface area contributed by atoms with Crippen LogP contribution in [0.4, 0.5) is 4.39 Å². The first-order valence-corrected chi connectivity index (χ1v) is 6.27. The summed E-state index contributed by atoms with van der Waals surface area (Å²) in [5.41, 5.74) is 5.60. The average Bonchev–Trinajstić information content (AvgIpc) is 2.27. The lowest BCUT2D eigenvalue weighted by molar-refractivity contribution is 0.220. The first-order chi connectivity index (χ1) is 8.78. The normalized spacial score (nSPS) is 13.3. The van der Waals surface area contributed by atoms with Crippen LogP contribution in [0.25, 0.3) is 0 Å². The van der Waals surface area contributed by atoms with Crippen LogP contribution < -0.4 is 15.8 Å². The number of hydrogen-bond acceptors (Lipinski definition) is 2. The van der Waals surface area contributed by atoms with E-state index in [0.717, 1.165) is 0 Å². The Morgan fingerprint density at radius 3 is 2.55 bits per heavy atom. The Kier molecular flexibility index (Phi) is 7.85. The van der Waals surface area contributed by atoms with Crippen molar-refractivity contribution in [1.29, 1.82) is 0 Å². The third-order valence-corrected chi connectivity index (χ3v) is 2.19. The molecule has 0 radical (unpaired) electrons. The summed E-state index contributed by atoms with van der Waals surface area (Å²) < 4.78 is 18.8. The molecule has 0 aliphatic rings. The van der Waals surface area contributed by atoms with Gasteiger partial charge in [0.25, 0.3) is 0 Å². The molecule has 0 saturated carbocycles. The lowest BCUT2D eigenvalue weighted by Gasteiger charge is -2.21. The molecule has 0 heterocycles. The maximum Gasteiger partial charge on any atom is 0.189 e. The zero-order valence-electron chi connectivity index (χ0n) is 12.3. The van der Waals surface area contributed by atoms with Crippen molar-refractivity contribution in [3.63, 3.8) is 0 Å². The minimum Gasteiger partial charge on any atom is -0.486 e. The molecule has 0 aliphatic carbocycles. The highest BCUT2D eigenvalue weighted by molar-refractivity contribution is 14.0. The smallest absolute Gasteiger partial charge is 0.189 e. The van der Waals surface area contributed by atoms with E-state index in [0.29, 0.717) is 12.5 Å². The summed E-state index contributed by atoms with van der Waals surface area (Å²) >= 11 is 0. The molecule has 0 bridgehead atoms. The Balaban J connectivity index is 0.00000361. The molecule has 20 heavy (non-hydrogen) atoms. The predicted octanol–water partition coefficient (Wildman–Crippen LogP) is 2.91. The van der Waals surface area contributed by atoms with Crippen LogP contribution in [-0.2, 0) is 0 Å². The number of rotatable bonds is 4. The van der Waals surface area contributed by atoms with Crippen molar-refractivity contribution in [3.8, 4) is 5.75 Å². The molecule has 0 amide bonds. The van der Waals surface area contributed by atoms with E-state index in [1.807, 2.05) is 27.7 Å². The molecule has 3 N–H and O–H groups in total. The Morgan fingerprint density at radius 1 is 1.40 bits per heavy atom. The van der Waals surface area contributed by atoms with E-state index in [1.165, 1.54) is 6.07 Å². The van der Waals surface area contributed by atoms with Crippen molar-refractivity contribution in [2.24, 2.45) is 10.7 Å². The molecule has 0 aliphatic heterocycles. The molecule has 114 valence electrons. The van der Waals surface area contributed by atoms with Gasteiger partial charge in [0, 0.05) is 5.54 Å². The molecule has 6 heteroatoms. The van der Waals surface area contributed by atoms with E-state index < -0.39 is 0 Å². The lowest BCUT2D eigenvalue weighted by atomic mass is 10.1. The highest BCUT2D eigenvalue weighted by atomic mass is 127. The number of halogens is 2. The van der Waals surface area contributed by atoms with Gasteiger partial charge in [-0.3, -0.25) is 0 Å². The summed E-state index contributed by atoms with van der Waals surface area (Å²) in [6.07, 6.45) is -0.253. The highest BCUT2D eigenvalue weighted by Crippen LogP contribution is 2.16. The van der Waals surface area contributed by atoms with Crippen molar-refractivity contribution in [1.82, 2.24) is 5.32 Å². The molecule has 0 fully saturated rings. The van der Waals surface area contributed by atoms with E-state index in [-0.39, 0.29) is 47.2 Å². The van der Waals surface area contributed by atoms with Crippen LogP contribution in [0.1, 0.15) is 27.7 Å². The van der Waals surface area contributed by atoms with Gasteiger partial charge < -0.3 is 15.8 Å². The number of hydrogen-bond donors (Lipinski definition) is 2. The summed E-state index contributed by atoms with van der Waals surface area (Å²) in [6, 6.07) is 6.30. The van der Waals surface area contributed by atoms with Gasteiger partial charge in [0.1, 0.15) is 6.10 Å². The van der Waals surface area contributed by atoms with E-state index in [9.17, 15) is 4.39 Å².